The number of ether oxygens (including phenoxy) is 1. The maximum Gasteiger partial charge on any atom is 0.201 e. The van der Waals surface area contributed by atoms with Crippen LogP contribution in [0.25, 0.3) is 11.0 Å². The third-order valence-corrected chi connectivity index (χ3v) is 2.59. The molecule has 2 rings (SSSR count). The Bertz CT molecular complexity index is 553. The van der Waals surface area contributed by atoms with Crippen molar-refractivity contribution in [2.45, 2.75) is 13.0 Å². The summed E-state index contributed by atoms with van der Waals surface area (Å²) in [6, 6.07) is 1.86. The van der Waals surface area contributed by atoms with E-state index in [-0.39, 0.29) is 17.5 Å². The molecule has 0 spiro atoms. The number of halogens is 2. The molecule has 2 aromatic rings. The molecule has 1 aromatic heterocycles. The minimum absolute atomic E-state index is 0.0758. The van der Waals surface area contributed by atoms with Gasteiger partial charge in [0.25, 0.3) is 0 Å². The lowest BCUT2D eigenvalue weighted by Gasteiger charge is -2.14. The van der Waals surface area contributed by atoms with Gasteiger partial charge in [0.15, 0.2) is 5.82 Å². The first-order valence-electron chi connectivity index (χ1n) is 5.16. The molecule has 6 heteroatoms. The van der Waals surface area contributed by atoms with Crippen molar-refractivity contribution in [2.75, 3.05) is 19.5 Å². The van der Waals surface area contributed by atoms with Crippen LogP contribution >= 0.6 is 0 Å². The Morgan fingerprint density at radius 2 is 2.18 bits per heavy atom. The monoisotopic (exact) mass is 241 g/mol. The summed E-state index contributed by atoms with van der Waals surface area (Å²) in [4.78, 5) is 3.90. The zero-order chi connectivity index (χ0) is 12.6. The van der Waals surface area contributed by atoms with E-state index < -0.39 is 11.6 Å². The van der Waals surface area contributed by atoms with Crippen LogP contribution in [-0.2, 0) is 4.74 Å². The van der Waals surface area contributed by atoms with Gasteiger partial charge in [0.2, 0.25) is 5.95 Å². The molecule has 1 heterocycles. The molecule has 0 aliphatic carbocycles. The summed E-state index contributed by atoms with van der Waals surface area (Å²) in [5.74, 6) is -1.22. The molecule has 17 heavy (non-hydrogen) atoms. The number of nitrogens with zero attached hydrogens (tertiary/aromatic N) is 2. The average Bonchev–Trinajstić information content (AvgIpc) is 2.55. The minimum atomic E-state index is -0.713. The van der Waals surface area contributed by atoms with Crippen molar-refractivity contribution >= 4 is 17.0 Å². The van der Waals surface area contributed by atoms with Gasteiger partial charge in [-0.3, -0.25) is 0 Å². The van der Waals surface area contributed by atoms with Crippen molar-refractivity contribution in [2.24, 2.45) is 0 Å². The number of rotatable bonds is 3. The second-order valence-electron chi connectivity index (χ2n) is 3.90. The van der Waals surface area contributed by atoms with Crippen LogP contribution in [0.5, 0.6) is 0 Å². The Hall–Kier alpha value is -1.69. The molecule has 0 bridgehead atoms. The highest BCUT2D eigenvalue weighted by molar-refractivity contribution is 5.79. The number of methoxy groups -OCH3 is 1. The maximum absolute atomic E-state index is 13.5. The predicted molar refractivity (Wildman–Crippen MR) is 60.6 cm³/mol. The first kappa shape index (κ1) is 11.8. The summed E-state index contributed by atoms with van der Waals surface area (Å²) in [6.45, 7) is 2.22. The summed E-state index contributed by atoms with van der Waals surface area (Å²) in [7, 11) is 1.55. The Balaban J connectivity index is 2.66. The third kappa shape index (κ3) is 1.95. The first-order valence-corrected chi connectivity index (χ1v) is 5.16. The van der Waals surface area contributed by atoms with Gasteiger partial charge in [0.1, 0.15) is 11.3 Å². The lowest BCUT2D eigenvalue weighted by Crippen LogP contribution is -2.13. The summed E-state index contributed by atoms with van der Waals surface area (Å²) in [6.07, 6.45) is 0. The fourth-order valence-electron chi connectivity index (χ4n) is 1.92. The first-order chi connectivity index (χ1) is 8.04. The van der Waals surface area contributed by atoms with E-state index >= 15 is 0 Å². The van der Waals surface area contributed by atoms with Crippen LogP contribution in [0.4, 0.5) is 14.7 Å². The van der Waals surface area contributed by atoms with Crippen LogP contribution < -0.4 is 5.73 Å². The van der Waals surface area contributed by atoms with Crippen LogP contribution in [0, 0.1) is 11.6 Å². The lowest BCUT2D eigenvalue weighted by atomic mass is 10.2. The molecule has 1 unspecified atom stereocenters. The molecule has 4 nitrogen and oxygen atoms in total. The molecule has 0 saturated heterocycles. The van der Waals surface area contributed by atoms with Crippen molar-refractivity contribution in [3.63, 3.8) is 0 Å². The van der Waals surface area contributed by atoms with Gasteiger partial charge in [0.05, 0.1) is 18.2 Å². The smallest absolute Gasteiger partial charge is 0.201 e. The molecular weight excluding hydrogens is 228 g/mol. The Morgan fingerprint density at radius 1 is 1.47 bits per heavy atom. The Labute approximate surface area is 97.0 Å². The van der Waals surface area contributed by atoms with Gasteiger partial charge < -0.3 is 15.0 Å². The molecule has 0 saturated carbocycles. The van der Waals surface area contributed by atoms with E-state index in [0.29, 0.717) is 12.1 Å². The van der Waals surface area contributed by atoms with E-state index in [2.05, 4.69) is 4.98 Å². The highest BCUT2D eigenvalue weighted by Crippen LogP contribution is 2.25. The number of nitrogen functional groups attached to an aromatic ring is 1. The molecular formula is C11H13F2N3O. The summed E-state index contributed by atoms with van der Waals surface area (Å²) in [5.41, 5.74) is 6.12. The fourth-order valence-corrected chi connectivity index (χ4v) is 1.92. The molecule has 0 aliphatic rings. The lowest BCUT2D eigenvalue weighted by molar-refractivity contribution is 0.164. The number of aromatic nitrogens is 2. The topological polar surface area (TPSA) is 53.1 Å². The van der Waals surface area contributed by atoms with E-state index in [1.165, 1.54) is 6.07 Å². The summed E-state index contributed by atoms with van der Waals surface area (Å²) >= 11 is 0. The molecule has 0 radical (unpaired) electrons. The van der Waals surface area contributed by atoms with Gasteiger partial charge in [-0.05, 0) is 6.92 Å². The third-order valence-electron chi connectivity index (χ3n) is 2.59. The molecule has 0 aliphatic heterocycles. The summed E-state index contributed by atoms with van der Waals surface area (Å²) < 4.78 is 33.2. The molecule has 0 amide bonds. The van der Waals surface area contributed by atoms with Gasteiger partial charge in [-0.1, -0.05) is 0 Å². The van der Waals surface area contributed by atoms with E-state index in [1.807, 2.05) is 6.92 Å². The van der Waals surface area contributed by atoms with E-state index in [1.54, 1.807) is 11.7 Å². The molecule has 92 valence electrons. The number of hydrogen-bond donors (Lipinski definition) is 1. The van der Waals surface area contributed by atoms with E-state index in [9.17, 15) is 8.78 Å². The molecule has 0 fully saturated rings. The number of anilines is 1. The molecule has 1 aromatic carbocycles. The van der Waals surface area contributed by atoms with Gasteiger partial charge in [-0.2, -0.15) is 0 Å². The number of fused-ring (bicyclic) bond motifs is 1. The van der Waals surface area contributed by atoms with Crippen LogP contribution in [0.15, 0.2) is 12.1 Å². The van der Waals surface area contributed by atoms with Crippen molar-refractivity contribution < 1.29 is 13.5 Å². The Kier molecular flexibility index (Phi) is 2.97. The number of benzene rings is 1. The molecule has 2 N–H and O–H groups in total. The maximum atomic E-state index is 13.5. The predicted octanol–water partition coefficient (Wildman–Crippen LogP) is 2.10. The van der Waals surface area contributed by atoms with Crippen LogP contribution in [-0.4, -0.2) is 23.3 Å². The quantitative estimate of drug-likeness (QED) is 0.895. The largest absolute Gasteiger partial charge is 0.383 e. The van der Waals surface area contributed by atoms with Gasteiger partial charge in [-0.15, -0.1) is 0 Å². The van der Waals surface area contributed by atoms with Crippen molar-refractivity contribution in [1.82, 2.24) is 9.55 Å². The average molecular weight is 241 g/mol. The Morgan fingerprint density at radius 3 is 2.82 bits per heavy atom. The second-order valence-corrected chi connectivity index (χ2v) is 3.90. The number of hydrogen-bond acceptors (Lipinski definition) is 3. The minimum Gasteiger partial charge on any atom is -0.383 e. The zero-order valence-electron chi connectivity index (χ0n) is 9.58. The van der Waals surface area contributed by atoms with Crippen LogP contribution in [0.2, 0.25) is 0 Å². The van der Waals surface area contributed by atoms with Crippen molar-refractivity contribution in [3.8, 4) is 0 Å². The summed E-state index contributed by atoms with van der Waals surface area (Å²) in [5, 5.41) is 0. The highest BCUT2D eigenvalue weighted by Gasteiger charge is 2.17. The van der Waals surface area contributed by atoms with Crippen molar-refractivity contribution in [1.29, 1.82) is 0 Å². The highest BCUT2D eigenvalue weighted by atomic mass is 19.1. The van der Waals surface area contributed by atoms with Gasteiger partial charge >= 0.3 is 0 Å². The van der Waals surface area contributed by atoms with Crippen LogP contribution in [0.3, 0.4) is 0 Å². The SMILES string of the molecule is COCC(C)n1c(N)nc2c(F)cc(F)cc21. The fraction of sp³-hybridized carbons (Fsp3) is 0.364. The molecule has 1 atom stereocenters. The van der Waals surface area contributed by atoms with E-state index in [0.717, 1.165) is 6.07 Å². The van der Waals surface area contributed by atoms with Crippen LogP contribution in [0.1, 0.15) is 13.0 Å². The second kappa shape index (κ2) is 4.29. The van der Waals surface area contributed by atoms with Gasteiger partial charge in [0, 0.05) is 19.2 Å². The standard InChI is InChI=1S/C11H13F2N3O/c1-6(5-17-2)16-9-4-7(12)3-8(13)10(9)15-11(16)14/h3-4,6H,5H2,1-2H3,(H2,14,15). The normalized spacial score (nSPS) is 13.2. The number of imidazole rings is 1. The van der Waals surface area contributed by atoms with Gasteiger partial charge in [-0.25, -0.2) is 13.8 Å². The zero-order valence-corrected chi connectivity index (χ0v) is 9.58. The number of nitrogens with two attached hydrogens (primary N) is 1. The van der Waals surface area contributed by atoms with E-state index in [4.69, 9.17) is 10.5 Å². The van der Waals surface area contributed by atoms with Crippen molar-refractivity contribution in [3.05, 3.63) is 23.8 Å².